The highest BCUT2D eigenvalue weighted by Gasteiger charge is 2.26. The average molecular weight is 401 g/mol. The fourth-order valence-electron chi connectivity index (χ4n) is 3.72. The molecule has 0 aromatic heterocycles. The summed E-state index contributed by atoms with van der Waals surface area (Å²) in [6, 6.07) is 14.0. The van der Waals surface area contributed by atoms with Crippen molar-refractivity contribution in [1.29, 1.82) is 0 Å². The van der Waals surface area contributed by atoms with Crippen LogP contribution in [-0.4, -0.2) is 43.7 Å². The van der Waals surface area contributed by atoms with E-state index >= 15 is 0 Å². The van der Waals surface area contributed by atoms with Crippen LogP contribution in [0.25, 0.3) is 0 Å². The van der Waals surface area contributed by atoms with E-state index in [1.165, 1.54) is 5.56 Å². The highest BCUT2D eigenvalue weighted by Crippen LogP contribution is 2.29. The van der Waals surface area contributed by atoms with Crippen molar-refractivity contribution >= 4 is 17.5 Å². The van der Waals surface area contributed by atoms with E-state index in [1.807, 2.05) is 18.2 Å². The molecule has 2 aliphatic rings. The molecule has 1 fully saturated rings. The fourth-order valence-corrected chi connectivity index (χ4v) is 3.92. The second kappa shape index (κ2) is 8.95. The summed E-state index contributed by atoms with van der Waals surface area (Å²) in [5.74, 6) is 0.649. The van der Waals surface area contributed by atoms with E-state index < -0.39 is 0 Å². The second-order valence-corrected chi connectivity index (χ2v) is 7.83. The third-order valence-electron chi connectivity index (χ3n) is 5.27. The number of nitrogens with one attached hydrogen (secondary N) is 1. The van der Waals surface area contributed by atoms with Crippen LogP contribution in [0.3, 0.4) is 0 Å². The van der Waals surface area contributed by atoms with Gasteiger partial charge in [-0.15, -0.1) is 0 Å². The lowest BCUT2D eigenvalue weighted by Gasteiger charge is -2.26. The summed E-state index contributed by atoms with van der Waals surface area (Å²) in [5.41, 5.74) is 3.36. The zero-order chi connectivity index (χ0) is 19.3. The van der Waals surface area contributed by atoms with Crippen LogP contribution in [-0.2, 0) is 29.0 Å². The molecule has 2 aliphatic heterocycles. The maximum absolute atomic E-state index is 12.6. The Morgan fingerprint density at radius 2 is 1.96 bits per heavy atom. The zero-order valence-corrected chi connectivity index (χ0v) is 16.6. The van der Waals surface area contributed by atoms with Crippen molar-refractivity contribution in [3.8, 4) is 5.75 Å². The van der Waals surface area contributed by atoms with Crippen molar-refractivity contribution in [2.75, 3.05) is 32.9 Å². The smallest absolute Gasteiger partial charge is 0.227 e. The van der Waals surface area contributed by atoms with Crippen molar-refractivity contribution in [3.05, 3.63) is 64.2 Å². The maximum Gasteiger partial charge on any atom is 0.227 e. The second-order valence-electron chi connectivity index (χ2n) is 7.39. The van der Waals surface area contributed by atoms with Gasteiger partial charge in [-0.25, -0.2) is 0 Å². The Labute approximate surface area is 170 Å². The van der Waals surface area contributed by atoms with Gasteiger partial charge in [0.05, 0.1) is 19.1 Å². The van der Waals surface area contributed by atoms with E-state index in [9.17, 15) is 4.79 Å². The molecule has 2 aromatic rings. The van der Waals surface area contributed by atoms with Crippen molar-refractivity contribution < 1.29 is 14.3 Å². The number of hydrogen-bond acceptors (Lipinski definition) is 4. The summed E-state index contributed by atoms with van der Waals surface area (Å²) < 4.78 is 11.1. The maximum atomic E-state index is 12.6. The normalized spacial score (nSPS) is 19.5. The van der Waals surface area contributed by atoms with Crippen LogP contribution in [0.4, 0.5) is 0 Å². The molecule has 2 heterocycles. The van der Waals surface area contributed by atoms with Crippen LogP contribution in [0.5, 0.6) is 5.75 Å². The third-order valence-corrected chi connectivity index (χ3v) is 5.50. The number of carbonyl (C=O) groups excluding carboxylic acids is 1. The molecule has 0 bridgehead atoms. The topological polar surface area (TPSA) is 50.8 Å². The predicted octanol–water partition coefficient (Wildman–Crippen LogP) is 3.04. The molecule has 1 amide bonds. The van der Waals surface area contributed by atoms with Gasteiger partial charge in [-0.2, -0.15) is 0 Å². The summed E-state index contributed by atoms with van der Waals surface area (Å²) in [6.07, 6.45) is 0.652. The SMILES string of the molecule is O=C(NCc1cccc(CN2CCOCC2)c1)C1COc2ccc(Cl)cc2C1. The molecule has 5 nitrogen and oxygen atoms in total. The first-order valence-electron chi connectivity index (χ1n) is 9.74. The van der Waals surface area contributed by atoms with E-state index in [-0.39, 0.29) is 11.8 Å². The van der Waals surface area contributed by atoms with Gasteiger partial charge in [0.2, 0.25) is 5.91 Å². The number of halogens is 1. The number of morpholine rings is 1. The number of ether oxygens (including phenoxy) is 2. The summed E-state index contributed by atoms with van der Waals surface area (Å²) in [4.78, 5) is 15.0. The Morgan fingerprint density at radius 3 is 2.82 bits per heavy atom. The van der Waals surface area contributed by atoms with Crippen LogP contribution >= 0.6 is 11.6 Å². The third kappa shape index (κ3) is 4.85. The lowest BCUT2D eigenvalue weighted by Crippen LogP contribution is -2.37. The highest BCUT2D eigenvalue weighted by atomic mass is 35.5. The summed E-state index contributed by atoms with van der Waals surface area (Å²) in [6.45, 7) is 5.37. The Morgan fingerprint density at radius 1 is 1.14 bits per heavy atom. The Kier molecular flexibility index (Phi) is 6.15. The number of benzene rings is 2. The lowest BCUT2D eigenvalue weighted by molar-refractivity contribution is -0.126. The summed E-state index contributed by atoms with van der Waals surface area (Å²) in [5, 5.41) is 3.73. The molecule has 1 atom stereocenters. The molecule has 1 saturated heterocycles. The largest absolute Gasteiger partial charge is 0.492 e. The van der Waals surface area contributed by atoms with E-state index in [2.05, 4.69) is 34.5 Å². The van der Waals surface area contributed by atoms with Gasteiger partial charge in [0.1, 0.15) is 12.4 Å². The lowest BCUT2D eigenvalue weighted by atomic mass is 9.96. The number of carbonyl (C=O) groups is 1. The number of nitrogens with zero attached hydrogens (tertiary/aromatic N) is 1. The van der Waals surface area contributed by atoms with Gasteiger partial charge in [0.25, 0.3) is 0 Å². The molecule has 0 saturated carbocycles. The van der Waals surface area contributed by atoms with Gasteiger partial charge < -0.3 is 14.8 Å². The van der Waals surface area contributed by atoms with Crippen LogP contribution < -0.4 is 10.1 Å². The predicted molar refractivity (Wildman–Crippen MR) is 109 cm³/mol. The van der Waals surface area contributed by atoms with Gasteiger partial charge in [0.15, 0.2) is 0 Å². The first kappa shape index (κ1) is 19.2. The fraction of sp³-hybridized carbons (Fsp3) is 0.409. The molecule has 1 N–H and O–H groups in total. The first-order chi connectivity index (χ1) is 13.7. The molecular formula is C22H25ClN2O3. The van der Waals surface area contributed by atoms with Crippen LogP contribution in [0.15, 0.2) is 42.5 Å². The van der Waals surface area contributed by atoms with Crippen molar-refractivity contribution in [2.24, 2.45) is 5.92 Å². The quantitative estimate of drug-likeness (QED) is 0.838. The van der Waals surface area contributed by atoms with Gasteiger partial charge >= 0.3 is 0 Å². The average Bonchev–Trinajstić information content (AvgIpc) is 2.72. The number of fused-ring (bicyclic) bond motifs is 1. The van der Waals surface area contributed by atoms with E-state index in [0.29, 0.717) is 24.6 Å². The number of rotatable bonds is 5. The molecule has 28 heavy (non-hydrogen) atoms. The summed E-state index contributed by atoms with van der Waals surface area (Å²) >= 11 is 6.06. The van der Waals surface area contributed by atoms with Crippen molar-refractivity contribution in [1.82, 2.24) is 10.2 Å². The molecule has 0 spiro atoms. The Balaban J connectivity index is 1.31. The Hall–Kier alpha value is -2.08. The molecule has 2 aromatic carbocycles. The van der Waals surface area contributed by atoms with Gasteiger partial charge in [0, 0.05) is 31.2 Å². The molecule has 6 heteroatoms. The minimum absolute atomic E-state index is 0.0178. The van der Waals surface area contributed by atoms with Gasteiger partial charge in [-0.3, -0.25) is 9.69 Å². The van der Waals surface area contributed by atoms with E-state index in [4.69, 9.17) is 21.1 Å². The zero-order valence-electron chi connectivity index (χ0n) is 15.8. The molecule has 148 valence electrons. The van der Waals surface area contributed by atoms with Gasteiger partial charge in [-0.05, 0) is 41.3 Å². The minimum atomic E-state index is -0.192. The molecule has 4 rings (SSSR count). The van der Waals surface area contributed by atoms with Gasteiger partial charge in [-0.1, -0.05) is 35.9 Å². The highest BCUT2D eigenvalue weighted by molar-refractivity contribution is 6.30. The van der Waals surface area contributed by atoms with E-state index in [0.717, 1.165) is 49.7 Å². The van der Waals surface area contributed by atoms with Crippen molar-refractivity contribution in [2.45, 2.75) is 19.5 Å². The van der Waals surface area contributed by atoms with Crippen LogP contribution in [0.1, 0.15) is 16.7 Å². The Bertz CT molecular complexity index is 836. The molecule has 0 aliphatic carbocycles. The monoisotopic (exact) mass is 400 g/mol. The number of hydrogen-bond donors (Lipinski definition) is 1. The number of amides is 1. The standard InChI is InChI=1S/C22H25ClN2O3/c23-20-4-5-21-18(12-20)11-19(15-28-21)22(26)24-13-16-2-1-3-17(10-16)14-25-6-8-27-9-7-25/h1-5,10,12,19H,6-9,11,13-15H2,(H,24,26). The molecule has 1 unspecified atom stereocenters. The first-order valence-corrected chi connectivity index (χ1v) is 10.1. The minimum Gasteiger partial charge on any atom is -0.492 e. The van der Waals surface area contributed by atoms with Crippen LogP contribution in [0, 0.1) is 5.92 Å². The molecule has 0 radical (unpaired) electrons. The summed E-state index contributed by atoms with van der Waals surface area (Å²) in [7, 11) is 0. The van der Waals surface area contributed by atoms with Crippen molar-refractivity contribution in [3.63, 3.8) is 0 Å². The van der Waals surface area contributed by atoms with E-state index in [1.54, 1.807) is 0 Å². The van der Waals surface area contributed by atoms with Crippen LogP contribution in [0.2, 0.25) is 5.02 Å². The molecular weight excluding hydrogens is 376 g/mol.